The van der Waals surface area contributed by atoms with Crippen LogP contribution in [0.25, 0.3) is 0 Å². The summed E-state index contributed by atoms with van der Waals surface area (Å²) in [6.07, 6.45) is 4.58. The number of nitrogens with one attached hydrogen (secondary N) is 1. The maximum atomic E-state index is 12.6. The molecule has 164 valence electrons. The number of nitrogens with zero attached hydrogens (tertiary/aromatic N) is 2. The van der Waals surface area contributed by atoms with Crippen LogP contribution in [0.5, 0.6) is 0 Å². The van der Waals surface area contributed by atoms with Gasteiger partial charge >= 0.3 is 6.09 Å². The summed E-state index contributed by atoms with van der Waals surface area (Å²) in [6.45, 7) is 2.26. The molecule has 2 aromatic rings. The van der Waals surface area contributed by atoms with Gasteiger partial charge in [0.15, 0.2) is 0 Å². The van der Waals surface area contributed by atoms with Crippen molar-refractivity contribution in [1.29, 1.82) is 0 Å². The van der Waals surface area contributed by atoms with E-state index in [9.17, 15) is 14.9 Å². The topological polar surface area (TPSA) is 84.7 Å². The van der Waals surface area contributed by atoms with Crippen LogP contribution in [0.4, 0.5) is 10.5 Å². The molecule has 1 aliphatic carbocycles. The lowest BCUT2D eigenvalue weighted by Crippen LogP contribution is -2.41. The number of carbonyl (C=O) groups is 1. The zero-order valence-corrected chi connectivity index (χ0v) is 17.6. The van der Waals surface area contributed by atoms with E-state index in [1.807, 2.05) is 24.3 Å². The fraction of sp³-hybridized carbons (Fsp3) is 0.458. The minimum Gasteiger partial charge on any atom is -0.446 e. The van der Waals surface area contributed by atoms with Crippen molar-refractivity contribution in [3.8, 4) is 0 Å². The van der Waals surface area contributed by atoms with Crippen molar-refractivity contribution in [1.82, 2.24) is 10.2 Å². The second kappa shape index (κ2) is 9.92. The molecule has 2 aromatic carbocycles. The molecule has 1 saturated carbocycles. The van der Waals surface area contributed by atoms with Crippen LogP contribution in [-0.2, 0) is 11.3 Å². The summed E-state index contributed by atoms with van der Waals surface area (Å²) in [4.78, 5) is 25.4. The molecule has 1 heterocycles. The third kappa shape index (κ3) is 5.61. The van der Waals surface area contributed by atoms with Gasteiger partial charge in [0.25, 0.3) is 5.69 Å². The zero-order chi connectivity index (χ0) is 21.6. The highest BCUT2D eigenvalue weighted by Gasteiger charge is 2.31. The van der Waals surface area contributed by atoms with Crippen LogP contribution in [0.3, 0.4) is 0 Å². The fourth-order valence-corrected chi connectivity index (χ4v) is 4.43. The number of hydrogen-bond acceptors (Lipinski definition) is 5. The summed E-state index contributed by atoms with van der Waals surface area (Å²) in [5, 5.41) is 14.1. The fourth-order valence-electron chi connectivity index (χ4n) is 4.43. The Morgan fingerprint density at radius 3 is 2.48 bits per heavy atom. The van der Waals surface area contributed by atoms with Gasteiger partial charge in [-0.05, 0) is 42.7 Å². The summed E-state index contributed by atoms with van der Waals surface area (Å²) < 4.78 is 5.75. The molecular formula is C24H29N3O4. The summed E-state index contributed by atoms with van der Waals surface area (Å²) >= 11 is 0. The largest absolute Gasteiger partial charge is 0.446 e. The summed E-state index contributed by atoms with van der Waals surface area (Å²) in [7, 11) is 0. The van der Waals surface area contributed by atoms with Crippen molar-refractivity contribution < 1.29 is 14.5 Å². The number of non-ortho nitro benzene ring substituents is 1. The van der Waals surface area contributed by atoms with E-state index in [0.717, 1.165) is 49.9 Å². The van der Waals surface area contributed by atoms with Crippen molar-refractivity contribution in [3.05, 3.63) is 75.8 Å². The maximum Gasteiger partial charge on any atom is 0.407 e. The number of likely N-dealkylation sites (tertiary alicyclic amines) is 1. The number of rotatable bonds is 7. The quantitative estimate of drug-likeness (QED) is 0.509. The number of nitro benzene ring substituents is 1. The Bertz CT molecular complexity index is 893. The van der Waals surface area contributed by atoms with Crippen LogP contribution in [0.2, 0.25) is 0 Å². The maximum absolute atomic E-state index is 12.6. The second-order valence-electron chi connectivity index (χ2n) is 8.53. The van der Waals surface area contributed by atoms with E-state index < -0.39 is 0 Å². The molecule has 7 heteroatoms. The predicted octanol–water partition coefficient (Wildman–Crippen LogP) is 4.83. The molecule has 1 saturated heterocycles. The van der Waals surface area contributed by atoms with Crippen LogP contribution >= 0.6 is 0 Å². The Kier molecular flexibility index (Phi) is 6.82. The van der Waals surface area contributed by atoms with E-state index in [-0.39, 0.29) is 28.8 Å². The first-order chi connectivity index (χ1) is 15.1. The Balaban J connectivity index is 1.26. The summed E-state index contributed by atoms with van der Waals surface area (Å²) in [5.74, 6) is 0.478. The molecule has 1 aliphatic heterocycles. The number of nitro groups is 1. The van der Waals surface area contributed by atoms with Crippen LogP contribution in [0, 0.1) is 16.0 Å². The lowest BCUT2D eigenvalue weighted by molar-refractivity contribution is -0.384. The van der Waals surface area contributed by atoms with Gasteiger partial charge < -0.3 is 10.1 Å². The van der Waals surface area contributed by atoms with Gasteiger partial charge in [0.1, 0.15) is 6.10 Å². The van der Waals surface area contributed by atoms with E-state index in [1.54, 1.807) is 12.1 Å². The van der Waals surface area contributed by atoms with Crippen molar-refractivity contribution in [2.24, 2.45) is 5.92 Å². The van der Waals surface area contributed by atoms with E-state index >= 15 is 0 Å². The summed E-state index contributed by atoms with van der Waals surface area (Å²) in [6, 6.07) is 16.9. The Morgan fingerprint density at radius 1 is 1.10 bits per heavy atom. The van der Waals surface area contributed by atoms with Crippen molar-refractivity contribution in [3.63, 3.8) is 0 Å². The van der Waals surface area contributed by atoms with Crippen LogP contribution in [0.1, 0.15) is 49.3 Å². The van der Waals surface area contributed by atoms with E-state index in [4.69, 9.17) is 4.74 Å². The van der Waals surface area contributed by atoms with E-state index in [1.165, 1.54) is 12.5 Å². The van der Waals surface area contributed by atoms with E-state index in [0.29, 0.717) is 12.5 Å². The smallest absolute Gasteiger partial charge is 0.407 e. The minimum absolute atomic E-state index is 0.0106. The molecule has 1 unspecified atom stereocenters. The number of piperidine rings is 1. The third-order valence-corrected chi connectivity index (χ3v) is 6.39. The molecule has 2 aliphatic rings. The monoisotopic (exact) mass is 423 g/mol. The molecule has 0 spiro atoms. The first kappa shape index (κ1) is 21.3. The predicted molar refractivity (Wildman–Crippen MR) is 118 cm³/mol. The number of amides is 1. The molecular weight excluding hydrogens is 394 g/mol. The van der Waals surface area contributed by atoms with Crippen molar-refractivity contribution in [2.75, 3.05) is 13.1 Å². The second-order valence-corrected chi connectivity index (χ2v) is 8.53. The molecule has 0 radical (unpaired) electrons. The van der Waals surface area contributed by atoms with Crippen LogP contribution < -0.4 is 5.32 Å². The lowest BCUT2D eigenvalue weighted by atomic mass is 9.77. The average Bonchev–Trinajstić information content (AvgIpc) is 2.74. The SMILES string of the molecule is O=C(NC(c1ccccc1)C1CCC1)OC1CCN(Cc2cccc([N+](=O)[O-])c2)CC1. The third-order valence-electron chi connectivity index (χ3n) is 6.39. The standard InChI is InChI=1S/C24H29N3O4/c28-24(25-23(20-9-5-10-20)19-7-2-1-3-8-19)31-22-12-14-26(15-13-22)17-18-6-4-11-21(16-18)27(29)30/h1-4,6-8,11,16,20,22-23H,5,9-10,12-15,17H2,(H,25,28). The zero-order valence-electron chi connectivity index (χ0n) is 17.6. The first-order valence-corrected chi connectivity index (χ1v) is 11.1. The molecule has 0 aromatic heterocycles. The lowest BCUT2D eigenvalue weighted by Gasteiger charge is -2.35. The summed E-state index contributed by atoms with van der Waals surface area (Å²) in [5.41, 5.74) is 2.18. The highest BCUT2D eigenvalue weighted by molar-refractivity contribution is 5.68. The van der Waals surface area contributed by atoms with Crippen LogP contribution in [0.15, 0.2) is 54.6 Å². The number of hydrogen-bond donors (Lipinski definition) is 1. The van der Waals surface area contributed by atoms with Gasteiger partial charge in [-0.25, -0.2) is 4.79 Å². The van der Waals surface area contributed by atoms with Gasteiger partial charge in [0, 0.05) is 31.8 Å². The highest BCUT2D eigenvalue weighted by Crippen LogP contribution is 2.37. The molecule has 4 rings (SSSR count). The van der Waals surface area contributed by atoms with Gasteiger partial charge in [-0.2, -0.15) is 0 Å². The number of alkyl carbamates (subject to hydrolysis) is 1. The van der Waals surface area contributed by atoms with Gasteiger partial charge in [0.2, 0.25) is 0 Å². The van der Waals surface area contributed by atoms with E-state index in [2.05, 4.69) is 22.3 Å². The molecule has 1 amide bonds. The first-order valence-electron chi connectivity index (χ1n) is 11.1. The Labute approximate surface area is 182 Å². The number of ether oxygens (including phenoxy) is 1. The van der Waals surface area contributed by atoms with Crippen molar-refractivity contribution in [2.45, 2.75) is 50.8 Å². The minimum atomic E-state index is -0.367. The normalized spacial score (nSPS) is 18.7. The number of benzene rings is 2. The molecule has 0 bridgehead atoms. The Morgan fingerprint density at radius 2 is 1.84 bits per heavy atom. The van der Waals surface area contributed by atoms with Gasteiger partial charge in [-0.15, -0.1) is 0 Å². The molecule has 1 atom stereocenters. The molecule has 1 N–H and O–H groups in total. The molecule has 31 heavy (non-hydrogen) atoms. The van der Waals surface area contributed by atoms with Gasteiger partial charge in [-0.1, -0.05) is 48.9 Å². The van der Waals surface area contributed by atoms with Gasteiger partial charge in [0.05, 0.1) is 11.0 Å². The van der Waals surface area contributed by atoms with Crippen LogP contribution in [-0.4, -0.2) is 35.1 Å². The highest BCUT2D eigenvalue weighted by atomic mass is 16.6. The van der Waals surface area contributed by atoms with Gasteiger partial charge in [-0.3, -0.25) is 15.0 Å². The molecule has 2 fully saturated rings. The Hall–Kier alpha value is -2.93. The van der Waals surface area contributed by atoms with Crippen molar-refractivity contribution >= 4 is 11.8 Å². The average molecular weight is 424 g/mol. The number of carbonyl (C=O) groups excluding carboxylic acids is 1. The molecule has 7 nitrogen and oxygen atoms in total.